The van der Waals surface area contributed by atoms with Gasteiger partial charge in [-0.25, -0.2) is 0 Å². The van der Waals surface area contributed by atoms with E-state index >= 15 is 0 Å². The molecule has 0 amide bonds. The average molecular weight is 242 g/mol. The smallest absolute Gasteiger partial charge is 0.0827 e. The minimum atomic E-state index is -0.769. The Hall–Kier alpha value is -1.91. The van der Waals surface area contributed by atoms with Crippen LogP contribution in [-0.4, -0.2) is 32.9 Å². The van der Waals surface area contributed by atoms with E-state index in [0.717, 1.165) is 27.5 Å². The quantitative estimate of drug-likeness (QED) is 0.653. The van der Waals surface area contributed by atoms with Gasteiger partial charge >= 0.3 is 0 Å². The third-order valence-electron chi connectivity index (χ3n) is 3.15. The van der Waals surface area contributed by atoms with Gasteiger partial charge in [-0.05, 0) is 12.1 Å². The highest BCUT2D eigenvalue weighted by molar-refractivity contribution is 6.07. The molecule has 0 aliphatic carbocycles. The number of rotatable bonds is 3. The second kappa shape index (κ2) is 4.40. The number of nitrogens with zero attached hydrogens (tertiary/aromatic N) is 1. The Morgan fingerprint density at radius 1 is 1.17 bits per heavy atom. The summed E-state index contributed by atoms with van der Waals surface area (Å²) >= 11 is 0. The molecule has 1 aromatic carbocycles. The van der Waals surface area contributed by atoms with Gasteiger partial charge in [0.05, 0.1) is 23.9 Å². The number of nitrogens with one attached hydrogen (secondary N) is 1. The number of benzene rings is 1. The fourth-order valence-electron chi connectivity index (χ4n) is 2.27. The van der Waals surface area contributed by atoms with Crippen LogP contribution < -0.4 is 0 Å². The van der Waals surface area contributed by atoms with Crippen LogP contribution in [0, 0.1) is 0 Å². The highest BCUT2D eigenvalue weighted by Gasteiger charge is 2.11. The number of fused-ring (bicyclic) bond motifs is 3. The van der Waals surface area contributed by atoms with Crippen molar-refractivity contribution in [1.29, 1.82) is 0 Å². The highest BCUT2D eigenvalue weighted by atomic mass is 16.3. The molecule has 0 saturated heterocycles. The second-order valence-corrected chi connectivity index (χ2v) is 4.39. The lowest BCUT2D eigenvalue weighted by Gasteiger charge is -2.06. The lowest BCUT2D eigenvalue weighted by molar-refractivity contribution is 0.0950. The summed E-state index contributed by atoms with van der Waals surface area (Å²) in [7, 11) is 0. The number of hydrogen-bond acceptors (Lipinski definition) is 3. The maximum atomic E-state index is 9.54. The number of pyridine rings is 1. The Balaban J connectivity index is 2.21. The molecule has 0 saturated carbocycles. The number of aromatic nitrogens is 2. The maximum Gasteiger partial charge on any atom is 0.0827 e. The van der Waals surface area contributed by atoms with Gasteiger partial charge < -0.3 is 15.2 Å². The topological polar surface area (TPSA) is 69.1 Å². The molecular formula is C14H14N2O2. The first-order valence-corrected chi connectivity index (χ1v) is 5.93. The molecule has 3 rings (SSSR count). The van der Waals surface area contributed by atoms with Crippen molar-refractivity contribution in [1.82, 2.24) is 9.97 Å². The predicted octanol–water partition coefficient (Wildman–Crippen LogP) is 1.61. The summed E-state index contributed by atoms with van der Waals surface area (Å²) in [5.41, 5.74) is 2.77. The van der Waals surface area contributed by atoms with Gasteiger partial charge in [0.2, 0.25) is 0 Å². The van der Waals surface area contributed by atoms with Crippen molar-refractivity contribution in [3.63, 3.8) is 0 Å². The fraction of sp³-hybridized carbons (Fsp3) is 0.214. The Morgan fingerprint density at radius 3 is 2.83 bits per heavy atom. The normalized spacial score (nSPS) is 13.2. The number of aliphatic hydroxyl groups is 2. The summed E-state index contributed by atoms with van der Waals surface area (Å²) in [6.07, 6.45) is 1.32. The van der Waals surface area contributed by atoms with Crippen LogP contribution in [0.2, 0.25) is 0 Å². The van der Waals surface area contributed by atoms with E-state index in [-0.39, 0.29) is 6.61 Å². The molecule has 0 fully saturated rings. The minimum Gasteiger partial charge on any atom is -0.394 e. The van der Waals surface area contributed by atoms with Crippen LogP contribution in [0.25, 0.3) is 21.8 Å². The summed E-state index contributed by atoms with van der Waals surface area (Å²) in [5.74, 6) is 0. The molecule has 0 radical (unpaired) electrons. The van der Waals surface area contributed by atoms with Crippen molar-refractivity contribution >= 4 is 21.8 Å². The van der Waals surface area contributed by atoms with E-state index in [4.69, 9.17) is 5.11 Å². The van der Waals surface area contributed by atoms with Gasteiger partial charge in [0, 0.05) is 28.9 Å². The van der Waals surface area contributed by atoms with Crippen LogP contribution in [0.3, 0.4) is 0 Å². The van der Waals surface area contributed by atoms with Crippen molar-refractivity contribution in [3.05, 3.63) is 42.2 Å². The van der Waals surface area contributed by atoms with E-state index in [0.29, 0.717) is 6.42 Å². The SMILES string of the molecule is OC[C@H](O)Cc1nccc2c1[nH]c1ccccc12. The van der Waals surface area contributed by atoms with Gasteiger partial charge in [0.25, 0.3) is 0 Å². The number of H-pyrrole nitrogens is 1. The molecule has 0 bridgehead atoms. The molecule has 0 aliphatic heterocycles. The summed E-state index contributed by atoms with van der Waals surface area (Å²) in [5, 5.41) is 20.7. The van der Waals surface area contributed by atoms with E-state index in [1.54, 1.807) is 6.20 Å². The molecule has 2 aromatic heterocycles. The van der Waals surface area contributed by atoms with Crippen molar-refractivity contribution in [2.45, 2.75) is 12.5 Å². The first kappa shape index (κ1) is 11.2. The number of hydrogen-bond donors (Lipinski definition) is 3. The summed E-state index contributed by atoms with van der Waals surface area (Å²) in [6, 6.07) is 10.0. The summed E-state index contributed by atoms with van der Waals surface area (Å²) < 4.78 is 0. The van der Waals surface area contributed by atoms with Crippen LogP contribution in [0.5, 0.6) is 0 Å². The minimum absolute atomic E-state index is 0.252. The van der Waals surface area contributed by atoms with Crippen molar-refractivity contribution in [3.8, 4) is 0 Å². The van der Waals surface area contributed by atoms with Crippen molar-refractivity contribution in [2.75, 3.05) is 6.61 Å². The Kier molecular flexibility index (Phi) is 2.74. The third-order valence-corrected chi connectivity index (χ3v) is 3.15. The Morgan fingerprint density at radius 2 is 2.00 bits per heavy atom. The predicted molar refractivity (Wildman–Crippen MR) is 70.4 cm³/mol. The summed E-state index contributed by atoms with van der Waals surface area (Å²) in [6.45, 7) is -0.252. The van der Waals surface area contributed by atoms with Crippen LogP contribution in [0.15, 0.2) is 36.5 Å². The van der Waals surface area contributed by atoms with Crippen molar-refractivity contribution in [2.24, 2.45) is 0 Å². The first-order chi connectivity index (χ1) is 8.79. The Labute approximate surface area is 104 Å². The zero-order valence-electron chi connectivity index (χ0n) is 9.80. The Bertz CT molecular complexity index is 690. The van der Waals surface area contributed by atoms with E-state index in [1.807, 2.05) is 24.3 Å². The fourth-order valence-corrected chi connectivity index (χ4v) is 2.27. The lowest BCUT2D eigenvalue weighted by Crippen LogP contribution is -2.16. The maximum absolute atomic E-state index is 9.54. The first-order valence-electron chi connectivity index (χ1n) is 5.93. The monoisotopic (exact) mass is 242 g/mol. The van der Waals surface area contributed by atoms with Gasteiger partial charge in [-0.15, -0.1) is 0 Å². The third kappa shape index (κ3) is 1.75. The molecule has 0 aliphatic rings. The van der Waals surface area contributed by atoms with Crippen LogP contribution in [0.1, 0.15) is 5.69 Å². The molecule has 4 heteroatoms. The number of aromatic amines is 1. The van der Waals surface area contributed by atoms with E-state index in [2.05, 4.69) is 16.0 Å². The van der Waals surface area contributed by atoms with Gasteiger partial charge in [-0.1, -0.05) is 18.2 Å². The average Bonchev–Trinajstić information content (AvgIpc) is 2.78. The zero-order valence-corrected chi connectivity index (χ0v) is 9.80. The van der Waals surface area contributed by atoms with E-state index < -0.39 is 6.10 Å². The van der Waals surface area contributed by atoms with Gasteiger partial charge in [-0.3, -0.25) is 4.98 Å². The molecule has 1 atom stereocenters. The van der Waals surface area contributed by atoms with Crippen molar-refractivity contribution < 1.29 is 10.2 Å². The van der Waals surface area contributed by atoms with Crippen LogP contribution in [-0.2, 0) is 6.42 Å². The number of aliphatic hydroxyl groups excluding tert-OH is 2. The summed E-state index contributed by atoms with van der Waals surface area (Å²) in [4.78, 5) is 7.61. The molecule has 4 nitrogen and oxygen atoms in total. The molecule has 2 heterocycles. The molecule has 3 N–H and O–H groups in total. The van der Waals surface area contributed by atoms with E-state index in [9.17, 15) is 5.11 Å². The molecule has 0 spiro atoms. The van der Waals surface area contributed by atoms with Gasteiger partial charge in [-0.2, -0.15) is 0 Å². The molecule has 3 aromatic rings. The molecule has 18 heavy (non-hydrogen) atoms. The van der Waals surface area contributed by atoms with Crippen LogP contribution >= 0.6 is 0 Å². The highest BCUT2D eigenvalue weighted by Crippen LogP contribution is 2.26. The van der Waals surface area contributed by atoms with Gasteiger partial charge in [0.15, 0.2) is 0 Å². The largest absolute Gasteiger partial charge is 0.394 e. The molecule has 92 valence electrons. The lowest BCUT2D eigenvalue weighted by atomic mass is 10.1. The zero-order chi connectivity index (χ0) is 12.5. The van der Waals surface area contributed by atoms with Crippen LogP contribution in [0.4, 0.5) is 0 Å². The van der Waals surface area contributed by atoms with E-state index in [1.165, 1.54) is 0 Å². The van der Waals surface area contributed by atoms with Gasteiger partial charge in [0.1, 0.15) is 0 Å². The second-order valence-electron chi connectivity index (χ2n) is 4.39. The number of para-hydroxylation sites is 1. The molecular weight excluding hydrogens is 228 g/mol. The molecule has 0 unspecified atom stereocenters. The standard InChI is InChI=1S/C14H14N2O2/c17-8-9(18)7-13-14-11(5-6-15-13)10-3-1-2-4-12(10)16-14/h1-6,9,16-18H,7-8H2/t9-/m1/s1.